The number of anilines is 1. The predicted octanol–water partition coefficient (Wildman–Crippen LogP) is 4.14. The summed E-state index contributed by atoms with van der Waals surface area (Å²) in [5.41, 5.74) is 4.26. The maximum absolute atomic E-state index is 13.8. The third-order valence-corrected chi connectivity index (χ3v) is 3.84. The highest BCUT2D eigenvalue weighted by Gasteiger charge is 2.05. The minimum Gasteiger partial charge on any atom is -0.342 e. The van der Waals surface area contributed by atoms with Crippen LogP contribution in [0.25, 0.3) is 0 Å². The van der Waals surface area contributed by atoms with E-state index in [-0.39, 0.29) is 16.6 Å². The van der Waals surface area contributed by atoms with Gasteiger partial charge in [-0.3, -0.25) is 5.43 Å². The van der Waals surface area contributed by atoms with Crippen molar-refractivity contribution in [3.8, 4) is 0 Å². The van der Waals surface area contributed by atoms with Crippen LogP contribution in [0.5, 0.6) is 0 Å². The number of hydrazone groups is 1. The number of halogens is 2. The van der Waals surface area contributed by atoms with Gasteiger partial charge in [0.1, 0.15) is 11.6 Å². The molecule has 0 saturated carbocycles. The molecule has 2 aromatic carbocycles. The molecule has 7 heteroatoms. The lowest BCUT2D eigenvalue weighted by molar-refractivity contribution is 0.599. The molecule has 0 amide bonds. The Morgan fingerprint density at radius 1 is 1.00 bits per heavy atom. The molecule has 132 valence electrons. The van der Waals surface area contributed by atoms with Gasteiger partial charge in [-0.25, -0.2) is 8.78 Å². The van der Waals surface area contributed by atoms with E-state index in [1.165, 1.54) is 12.1 Å². The van der Waals surface area contributed by atoms with Crippen LogP contribution in [0.1, 0.15) is 11.3 Å². The van der Waals surface area contributed by atoms with E-state index >= 15 is 0 Å². The third kappa shape index (κ3) is 4.52. The molecular weight excluding hydrogens is 354 g/mol. The van der Waals surface area contributed by atoms with E-state index in [1.54, 1.807) is 42.6 Å². The Hall–Kier alpha value is -3.06. The highest BCUT2D eigenvalue weighted by Crippen LogP contribution is 2.12. The van der Waals surface area contributed by atoms with Gasteiger partial charge in [-0.05, 0) is 42.5 Å². The molecule has 0 aliphatic carbocycles. The largest absolute Gasteiger partial charge is 0.342 e. The van der Waals surface area contributed by atoms with Crippen LogP contribution in [0.4, 0.5) is 14.5 Å². The quantitative estimate of drug-likeness (QED) is 0.403. The maximum Gasteiger partial charge on any atom is 0.191 e. The summed E-state index contributed by atoms with van der Waals surface area (Å²) in [6, 6.07) is 16.5. The van der Waals surface area contributed by atoms with Crippen LogP contribution in [0.2, 0.25) is 0 Å². The van der Waals surface area contributed by atoms with Gasteiger partial charge in [0.2, 0.25) is 0 Å². The lowest BCUT2D eigenvalue weighted by Gasteiger charge is -2.09. The summed E-state index contributed by atoms with van der Waals surface area (Å²) in [5.74, 6) is -0.656. The average Bonchev–Trinajstić information content (AvgIpc) is 3.06. The average molecular weight is 370 g/mol. The van der Waals surface area contributed by atoms with E-state index in [2.05, 4.69) is 15.8 Å². The summed E-state index contributed by atoms with van der Waals surface area (Å²) in [6.07, 6.45) is 3.40. The van der Waals surface area contributed by atoms with Crippen molar-refractivity contribution in [2.75, 3.05) is 5.32 Å². The first kappa shape index (κ1) is 17.8. The molecule has 0 atom stereocenters. The minimum absolute atomic E-state index is 0.165. The van der Waals surface area contributed by atoms with Crippen molar-refractivity contribution in [3.05, 3.63) is 89.8 Å². The molecule has 0 aliphatic rings. The van der Waals surface area contributed by atoms with E-state index in [0.29, 0.717) is 12.1 Å². The fourth-order valence-electron chi connectivity index (χ4n) is 2.37. The van der Waals surface area contributed by atoms with Gasteiger partial charge in [-0.1, -0.05) is 30.3 Å². The molecule has 0 radical (unpaired) electrons. The highest BCUT2D eigenvalue weighted by molar-refractivity contribution is 7.80. The van der Waals surface area contributed by atoms with Gasteiger partial charge in [0.15, 0.2) is 5.11 Å². The Morgan fingerprint density at radius 2 is 1.73 bits per heavy atom. The Balaban J connectivity index is 1.61. The molecule has 0 saturated heterocycles. The van der Waals surface area contributed by atoms with E-state index in [4.69, 9.17) is 12.2 Å². The van der Waals surface area contributed by atoms with E-state index in [0.717, 1.165) is 5.69 Å². The van der Waals surface area contributed by atoms with E-state index < -0.39 is 5.82 Å². The summed E-state index contributed by atoms with van der Waals surface area (Å²) in [7, 11) is 0. The first-order chi connectivity index (χ1) is 12.6. The molecule has 2 N–H and O–H groups in total. The molecule has 3 rings (SSSR count). The van der Waals surface area contributed by atoms with Gasteiger partial charge < -0.3 is 9.88 Å². The number of rotatable bonds is 5. The predicted molar refractivity (Wildman–Crippen MR) is 103 cm³/mol. The zero-order valence-electron chi connectivity index (χ0n) is 13.7. The monoisotopic (exact) mass is 370 g/mol. The Labute approximate surface area is 155 Å². The molecule has 1 aromatic heterocycles. The summed E-state index contributed by atoms with van der Waals surface area (Å²) in [6.45, 7) is 0.388. The standard InChI is InChI=1S/C19H16F2N4S/c20-16-8-2-1-6-14(16)13-25-11-5-7-15(25)12-22-24-19(26)23-18-10-4-3-9-17(18)21/h1-12H,13H2,(H2,23,24,26). The lowest BCUT2D eigenvalue weighted by Crippen LogP contribution is -2.24. The van der Waals surface area contributed by atoms with Gasteiger partial charge in [0.25, 0.3) is 0 Å². The molecule has 0 fully saturated rings. The SMILES string of the molecule is Fc1ccccc1Cn1cccc1C=NNC(=S)Nc1ccccc1F. The van der Waals surface area contributed by atoms with Gasteiger partial charge in [-0.2, -0.15) is 5.10 Å². The lowest BCUT2D eigenvalue weighted by atomic mass is 10.2. The van der Waals surface area contributed by atoms with Crippen molar-refractivity contribution < 1.29 is 8.78 Å². The van der Waals surface area contributed by atoms with Gasteiger partial charge in [0.05, 0.1) is 24.1 Å². The minimum atomic E-state index is -0.403. The van der Waals surface area contributed by atoms with Crippen molar-refractivity contribution in [3.63, 3.8) is 0 Å². The molecule has 0 spiro atoms. The van der Waals surface area contributed by atoms with E-state index in [1.807, 2.05) is 22.9 Å². The zero-order valence-corrected chi connectivity index (χ0v) is 14.5. The first-order valence-electron chi connectivity index (χ1n) is 7.86. The van der Waals surface area contributed by atoms with Crippen LogP contribution in [0.3, 0.4) is 0 Å². The number of benzene rings is 2. The van der Waals surface area contributed by atoms with Crippen LogP contribution in [0.15, 0.2) is 72.0 Å². The second kappa shape index (κ2) is 8.35. The third-order valence-electron chi connectivity index (χ3n) is 3.65. The number of hydrogen-bond donors (Lipinski definition) is 2. The number of hydrogen-bond acceptors (Lipinski definition) is 2. The zero-order chi connectivity index (χ0) is 18.4. The van der Waals surface area contributed by atoms with Crippen molar-refractivity contribution in [1.29, 1.82) is 0 Å². The van der Waals surface area contributed by atoms with Gasteiger partial charge >= 0.3 is 0 Å². The molecule has 26 heavy (non-hydrogen) atoms. The fraction of sp³-hybridized carbons (Fsp3) is 0.0526. The molecule has 1 heterocycles. The number of thiocarbonyl (C=S) groups is 1. The molecule has 0 aliphatic heterocycles. The smallest absolute Gasteiger partial charge is 0.191 e. The number of nitrogens with one attached hydrogen (secondary N) is 2. The van der Waals surface area contributed by atoms with Crippen molar-refractivity contribution in [1.82, 2.24) is 9.99 Å². The molecular formula is C19H16F2N4S. The molecule has 0 bridgehead atoms. The second-order valence-electron chi connectivity index (χ2n) is 5.46. The van der Waals surface area contributed by atoms with Crippen molar-refractivity contribution in [2.24, 2.45) is 5.10 Å². The van der Waals surface area contributed by atoms with Crippen LogP contribution in [-0.4, -0.2) is 15.9 Å². The maximum atomic E-state index is 13.8. The van der Waals surface area contributed by atoms with Crippen molar-refractivity contribution in [2.45, 2.75) is 6.54 Å². The summed E-state index contributed by atoms with van der Waals surface area (Å²) in [4.78, 5) is 0. The molecule has 4 nitrogen and oxygen atoms in total. The summed E-state index contributed by atoms with van der Waals surface area (Å²) in [5, 5.41) is 6.94. The van der Waals surface area contributed by atoms with Crippen LogP contribution in [-0.2, 0) is 6.54 Å². The Bertz CT molecular complexity index is 937. The number of aromatic nitrogens is 1. The normalized spacial score (nSPS) is 10.8. The highest BCUT2D eigenvalue weighted by atomic mass is 32.1. The Morgan fingerprint density at radius 3 is 2.50 bits per heavy atom. The Kier molecular flexibility index (Phi) is 5.70. The van der Waals surface area contributed by atoms with Crippen molar-refractivity contribution >= 4 is 29.2 Å². The fourth-order valence-corrected chi connectivity index (χ4v) is 2.53. The molecule has 3 aromatic rings. The topological polar surface area (TPSA) is 41.4 Å². The van der Waals surface area contributed by atoms with Crippen LogP contribution < -0.4 is 10.7 Å². The van der Waals surface area contributed by atoms with Crippen LogP contribution in [0, 0.1) is 11.6 Å². The van der Waals surface area contributed by atoms with Gasteiger partial charge in [0, 0.05) is 11.8 Å². The van der Waals surface area contributed by atoms with Gasteiger partial charge in [-0.15, -0.1) is 0 Å². The second-order valence-corrected chi connectivity index (χ2v) is 5.86. The first-order valence-corrected chi connectivity index (χ1v) is 8.27. The summed E-state index contributed by atoms with van der Waals surface area (Å²) >= 11 is 5.09. The van der Waals surface area contributed by atoms with Crippen LogP contribution >= 0.6 is 12.2 Å². The number of nitrogens with zero attached hydrogens (tertiary/aromatic N) is 2. The number of para-hydroxylation sites is 1. The summed E-state index contributed by atoms with van der Waals surface area (Å²) < 4.78 is 29.2. The molecule has 0 unspecified atom stereocenters. The van der Waals surface area contributed by atoms with E-state index in [9.17, 15) is 8.78 Å².